The number of rotatable bonds is 4. The summed E-state index contributed by atoms with van der Waals surface area (Å²) in [7, 11) is 0. The third-order valence-electron chi connectivity index (χ3n) is 3.79. The van der Waals surface area contributed by atoms with Crippen LogP contribution in [0.15, 0.2) is 0 Å². The Morgan fingerprint density at radius 2 is 1.60 bits per heavy atom. The van der Waals surface area contributed by atoms with E-state index in [-0.39, 0.29) is 5.97 Å². The average molecular weight is 216 g/mol. The normalized spacial score (nSPS) is 17.1. The molecule has 0 aromatic rings. The Hall–Kier alpha value is -0.570. The molecule has 0 aliphatic heterocycles. The van der Waals surface area contributed by atoms with Gasteiger partial charge in [-0.1, -0.05) is 13.8 Å². The summed E-state index contributed by atoms with van der Waals surface area (Å²) >= 11 is 0. The molecule has 3 heteroatoms. The van der Waals surface area contributed by atoms with E-state index in [1.807, 2.05) is 27.7 Å². The monoisotopic (exact) mass is 216 g/mol. The Morgan fingerprint density at radius 3 is 1.80 bits per heavy atom. The van der Waals surface area contributed by atoms with E-state index in [0.717, 1.165) is 6.42 Å². The van der Waals surface area contributed by atoms with Crippen molar-refractivity contribution in [1.29, 1.82) is 0 Å². The largest absolute Gasteiger partial charge is 0.459 e. The minimum absolute atomic E-state index is 0.316. The van der Waals surface area contributed by atoms with Crippen LogP contribution >= 0.6 is 0 Å². The molecule has 0 amide bonds. The van der Waals surface area contributed by atoms with Crippen LogP contribution in [0.4, 0.5) is 0 Å². The maximum atomic E-state index is 11.0. The van der Waals surface area contributed by atoms with Crippen molar-refractivity contribution in [2.45, 2.75) is 66.1 Å². The van der Waals surface area contributed by atoms with Crippen LogP contribution < -0.4 is 0 Å². The molecule has 0 saturated carbocycles. The number of esters is 1. The van der Waals surface area contributed by atoms with Gasteiger partial charge in [-0.25, -0.2) is 0 Å². The summed E-state index contributed by atoms with van der Waals surface area (Å²) in [6.07, 6.45) is 0.733. The summed E-state index contributed by atoms with van der Waals surface area (Å²) in [5, 5.41) is 10.2. The minimum atomic E-state index is -0.902. The van der Waals surface area contributed by atoms with Gasteiger partial charge in [-0.05, 0) is 34.1 Å². The molecule has 0 bridgehead atoms. The van der Waals surface area contributed by atoms with Crippen LogP contribution in [-0.4, -0.2) is 22.3 Å². The van der Waals surface area contributed by atoms with Crippen LogP contribution in [0.25, 0.3) is 0 Å². The van der Waals surface area contributed by atoms with Gasteiger partial charge in [0, 0.05) is 12.3 Å². The SMILES string of the molecule is CCC(C)(C(C)(C)O)C(C)(C)OC(C)=O. The lowest BCUT2D eigenvalue weighted by Crippen LogP contribution is -2.56. The second-order valence-corrected chi connectivity index (χ2v) is 5.35. The van der Waals surface area contributed by atoms with Crippen LogP contribution in [0, 0.1) is 5.41 Å². The highest BCUT2D eigenvalue weighted by Gasteiger charge is 2.51. The molecular formula is C12H24O3. The predicted octanol–water partition coefficient (Wildman–Crippen LogP) is 2.52. The first-order valence-electron chi connectivity index (χ1n) is 5.40. The van der Waals surface area contributed by atoms with Crippen molar-refractivity contribution in [2.24, 2.45) is 5.41 Å². The molecule has 1 N–H and O–H groups in total. The molecule has 0 radical (unpaired) electrons. The van der Waals surface area contributed by atoms with E-state index in [1.54, 1.807) is 13.8 Å². The Bertz CT molecular complexity index is 238. The van der Waals surface area contributed by atoms with Gasteiger partial charge in [0.2, 0.25) is 0 Å². The molecule has 0 aromatic carbocycles. The summed E-state index contributed by atoms with van der Waals surface area (Å²) in [5.41, 5.74) is -2.07. The topological polar surface area (TPSA) is 46.5 Å². The van der Waals surface area contributed by atoms with Crippen molar-refractivity contribution in [2.75, 3.05) is 0 Å². The van der Waals surface area contributed by atoms with Crippen LogP contribution in [0.1, 0.15) is 54.9 Å². The second-order valence-electron chi connectivity index (χ2n) is 5.35. The predicted molar refractivity (Wildman–Crippen MR) is 60.5 cm³/mol. The minimum Gasteiger partial charge on any atom is -0.459 e. The summed E-state index contributed by atoms with van der Waals surface area (Å²) in [6, 6.07) is 0. The van der Waals surface area contributed by atoms with E-state index < -0.39 is 16.6 Å². The zero-order valence-electron chi connectivity index (χ0n) is 11.0. The van der Waals surface area contributed by atoms with E-state index in [4.69, 9.17) is 4.74 Å². The van der Waals surface area contributed by atoms with Crippen molar-refractivity contribution < 1.29 is 14.6 Å². The first kappa shape index (κ1) is 14.4. The molecule has 3 nitrogen and oxygen atoms in total. The number of carbonyl (C=O) groups is 1. The highest BCUT2D eigenvalue weighted by Crippen LogP contribution is 2.45. The zero-order valence-corrected chi connectivity index (χ0v) is 11.0. The van der Waals surface area contributed by atoms with Crippen molar-refractivity contribution >= 4 is 5.97 Å². The highest BCUT2D eigenvalue weighted by molar-refractivity contribution is 5.66. The molecule has 1 unspecified atom stereocenters. The van der Waals surface area contributed by atoms with E-state index in [9.17, 15) is 9.90 Å². The van der Waals surface area contributed by atoms with E-state index >= 15 is 0 Å². The summed E-state index contributed by atoms with van der Waals surface area (Å²) in [6.45, 7) is 12.5. The smallest absolute Gasteiger partial charge is 0.303 e. The van der Waals surface area contributed by atoms with Gasteiger partial charge in [-0.3, -0.25) is 4.79 Å². The number of carbonyl (C=O) groups excluding carboxylic acids is 1. The standard InChI is InChI=1S/C12H24O3/c1-8-12(7,10(3,4)14)11(5,6)15-9(2)13/h14H,8H2,1-7H3. The van der Waals surface area contributed by atoms with Crippen molar-refractivity contribution in [3.8, 4) is 0 Å². The zero-order chi connectivity index (χ0) is 12.5. The Labute approximate surface area is 92.8 Å². The molecule has 90 valence electrons. The first-order valence-corrected chi connectivity index (χ1v) is 5.40. The van der Waals surface area contributed by atoms with Gasteiger partial charge in [0.1, 0.15) is 5.60 Å². The van der Waals surface area contributed by atoms with Crippen LogP contribution in [-0.2, 0) is 9.53 Å². The molecule has 0 heterocycles. The van der Waals surface area contributed by atoms with Crippen molar-refractivity contribution in [3.63, 3.8) is 0 Å². The van der Waals surface area contributed by atoms with Crippen molar-refractivity contribution in [3.05, 3.63) is 0 Å². The summed E-state index contributed by atoms with van der Waals surface area (Å²) < 4.78 is 5.32. The summed E-state index contributed by atoms with van der Waals surface area (Å²) in [4.78, 5) is 11.0. The van der Waals surface area contributed by atoms with Gasteiger partial charge >= 0.3 is 5.97 Å². The van der Waals surface area contributed by atoms with Gasteiger partial charge in [0.25, 0.3) is 0 Å². The molecule has 0 spiro atoms. The number of hydrogen-bond acceptors (Lipinski definition) is 3. The Morgan fingerprint density at radius 1 is 1.20 bits per heavy atom. The average Bonchev–Trinajstić information content (AvgIpc) is 1.97. The van der Waals surface area contributed by atoms with E-state index in [1.165, 1.54) is 6.92 Å². The molecule has 0 rings (SSSR count). The second kappa shape index (κ2) is 4.12. The molecule has 15 heavy (non-hydrogen) atoms. The van der Waals surface area contributed by atoms with Crippen LogP contribution in [0.5, 0.6) is 0 Å². The van der Waals surface area contributed by atoms with Crippen LogP contribution in [0.2, 0.25) is 0 Å². The number of ether oxygens (including phenoxy) is 1. The third-order valence-corrected chi connectivity index (χ3v) is 3.79. The van der Waals surface area contributed by atoms with Gasteiger partial charge in [0.15, 0.2) is 0 Å². The van der Waals surface area contributed by atoms with Gasteiger partial charge in [-0.2, -0.15) is 0 Å². The van der Waals surface area contributed by atoms with Gasteiger partial charge in [-0.15, -0.1) is 0 Å². The van der Waals surface area contributed by atoms with E-state index in [0.29, 0.717) is 0 Å². The fourth-order valence-corrected chi connectivity index (χ4v) is 2.07. The maximum Gasteiger partial charge on any atom is 0.303 e. The van der Waals surface area contributed by atoms with Crippen LogP contribution in [0.3, 0.4) is 0 Å². The molecule has 0 aliphatic carbocycles. The lowest BCUT2D eigenvalue weighted by Gasteiger charge is -2.50. The summed E-state index contributed by atoms with van der Waals surface area (Å²) in [5.74, 6) is -0.316. The Kier molecular flexibility index (Phi) is 3.97. The molecule has 0 fully saturated rings. The number of aliphatic hydroxyl groups is 1. The third kappa shape index (κ3) is 2.71. The first-order chi connectivity index (χ1) is 6.48. The van der Waals surface area contributed by atoms with Gasteiger partial charge in [0.05, 0.1) is 5.60 Å². The lowest BCUT2D eigenvalue weighted by atomic mass is 9.63. The van der Waals surface area contributed by atoms with Gasteiger partial charge < -0.3 is 9.84 Å². The van der Waals surface area contributed by atoms with E-state index in [2.05, 4.69) is 0 Å². The molecular weight excluding hydrogens is 192 g/mol. The van der Waals surface area contributed by atoms with Crippen molar-refractivity contribution in [1.82, 2.24) is 0 Å². The fraction of sp³-hybridized carbons (Fsp3) is 0.917. The lowest BCUT2D eigenvalue weighted by molar-refractivity contribution is -0.194. The molecule has 1 atom stereocenters. The number of hydrogen-bond donors (Lipinski definition) is 1. The quantitative estimate of drug-likeness (QED) is 0.734. The molecule has 0 aromatic heterocycles. The molecule has 0 saturated heterocycles. The highest BCUT2D eigenvalue weighted by atomic mass is 16.6. The molecule has 0 aliphatic rings. The maximum absolute atomic E-state index is 11.0. The Balaban J connectivity index is 5.19. The fourth-order valence-electron chi connectivity index (χ4n) is 2.07.